The summed E-state index contributed by atoms with van der Waals surface area (Å²) in [7, 11) is 0. The van der Waals surface area contributed by atoms with E-state index in [4.69, 9.17) is 10.7 Å². The van der Waals surface area contributed by atoms with E-state index < -0.39 is 0 Å². The van der Waals surface area contributed by atoms with Crippen LogP contribution in [0.1, 0.15) is 16.1 Å². The van der Waals surface area contributed by atoms with Gasteiger partial charge in [-0.1, -0.05) is 18.2 Å². The Labute approximate surface area is 128 Å². The van der Waals surface area contributed by atoms with Gasteiger partial charge in [-0.25, -0.2) is 0 Å². The lowest BCUT2D eigenvalue weighted by Crippen LogP contribution is -2.29. The van der Waals surface area contributed by atoms with E-state index in [-0.39, 0.29) is 0 Å². The average molecular weight is 295 g/mol. The molecule has 0 spiro atoms. The number of rotatable bonds is 2. The van der Waals surface area contributed by atoms with Crippen LogP contribution in [0.15, 0.2) is 41.8 Å². The molecule has 106 valence electrons. The van der Waals surface area contributed by atoms with Crippen LogP contribution in [0.5, 0.6) is 0 Å². The first-order chi connectivity index (χ1) is 10.3. The van der Waals surface area contributed by atoms with E-state index in [0.29, 0.717) is 0 Å². The molecule has 1 aromatic carbocycles. The van der Waals surface area contributed by atoms with E-state index in [0.717, 1.165) is 48.3 Å². The van der Waals surface area contributed by atoms with Crippen molar-refractivity contribution in [1.29, 1.82) is 0 Å². The molecule has 0 saturated carbocycles. The van der Waals surface area contributed by atoms with Gasteiger partial charge in [0.25, 0.3) is 0 Å². The van der Waals surface area contributed by atoms with E-state index in [1.54, 1.807) is 0 Å². The van der Waals surface area contributed by atoms with Gasteiger partial charge in [0, 0.05) is 35.6 Å². The Balaban J connectivity index is 1.60. The molecule has 0 atom stereocenters. The maximum Gasteiger partial charge on any atom is 0.0726 e. The van der Waals surface area contributed by atoms with Crippen molar-refractivity contribution in [3.63, 3.8) is 0 Å². The van der Waals surface area contributed by atoms with Crippen molar-refractivity contribution < 1.29 is 0 Å². The summed E-state index contributed by atoms with van der Waals surface area (Å²) < 4.78 is 0. The summed E-state index contributed by atoms with van der Waals surface area (Å²) in [6.07, 6.45) is 1.15. The molecule has 0 bridgehead atoms. The van der Waals surface area contributed by atoms with Crippen LogP contribution in [-0.2, 0) is 19.5 Å². The molecule has 3 nitrogen and oxygen atoms in total. The highest BCUT2D eigenvalue weighted by Crippen LogP contribution is 2.26. The van der Waals surface area contributed by atoms with Crippen molar-refractivity contribution in [3.05, 3.63) is 57.9 Å². The molecule has 0 saturated heterocycles. The predicted octanol–water partition coefficient (Wildman–Crippen LogP) is 3.44. The minimum atomic E-state index is 0.823. The largest absolute Gasteiger partial charge is 0.398 e. The molecule has 2 aromatic heterocycles. The number of nitrogen functional groups attached to an aromatic ring is 1. The van der Waals surface area contributed by atoms with Crippen LogP contribution in [0.25, 0.3) is 10.9 Å². The maximum absolute atomic E-state index is 6.17. The molecular formula is C17H17N3S. The standard InChI is InChI=1S/C17H17N3S/c18-15-9-13(19-16-4-2-1-3-14(15)16)11-20-7-5-17-12(10-20)6-8-21-17/h1-4,6,8-9H,5,7,10-11H2,(H2,18,19). The summed E-state index contributed by atoms with van der Waals surface area (Å²) in [4.78, 5) is 8.74. The zero-order chi connectivity index (χ0) is 14.2. The summed E-state index contributed by atoms with van der Waals surface area (Å²) in [6, 6.07) is 12.3. The normalized spacial score (nSPS) is 15.2. The summed E-state index contributed by atoms with van der Waals surface area (Å²) in [5.41, 5.74) is 10.5. The fourth-order valence-corrected chi connectivity index (χ4v) is 3.90. The van der Waals surface area contributed by atoms with Crippen molar-refractivity contribution in [2.24, 2.45) is 0 Å². The Kier molecular flexibility index (Phi) is 3.13. The molecule has 3 heterocycles. The van der Waals surface area contributed by atoms with Crippen LogP contribution in [-0.4, -0.2) is 16.4 Å². The topological polar surface area (TPSA) is 42.1 Å². The summed E-state index contributed by atoms with van der Waals surface area (Å²) >= 11 is 1.88. The number of fused-ring (bicyclic) bond motifs is 2. The molecule has 4 rings (SSSR count). The van der Waals surface area contributed by atoms with Gasteiger partial charge in [-0.15, -0.1) is 11.3 Å². The molecule has 2 N–H and O–H groups in total. The number of nitrogens with zero attached hydrogens (tertiary/aromatic N) is 2. The van der Waals surface area contributed by atoms with Crippen molar-refractivity contribution >= 4 is 27.9 Å². The van der Waals surface area contributed by atoms with Crippen molar-refractivity contribution in [1.82, 2.24) is 9.88 Å². The Bertz CT molecular complexity index is 794. The quantitative estimate of drug-likeness (QED) is 0.787. The first-order valence-corrected chi connectivity index (χ1v) is 8.09. The van der Waals surface area contributed by atoms with E-state index in [2.05, 4.69) is 16.3 Å². The van der Waals surface area contributed by atoms with Gasteiger partial charge < -0.3 is 5.73 Å². The fourth-order valence-electron chi connectivity index (χ4n) is 3.01. The van der Waals surface area contributed by atoms with Gasteiger partial charge >= 0.3 is 0 Å². The summed E-state index contributed by atoms with van der Waals surface area (Å²) in [5, 5.41) is 3.24. The number of hydrogen-bond donors (Lipinski definition) is 1. The number of hydrogen-bond acceptors (Lipinski definition) is 4. The van der Waals surface area contributed by atoms with Gasteiger partial charge in [-0.3, -0.25) is 9.88 Å². The molecule has 0 unspecified atom stereocenters. The Morgan fingerprint density at radius 1 is 1.24 bits per heavy atom. The molecular weight excluding hydrogens is 278 g/mol. The lowest BCUT2D eigenvalue weighted by molar-refractivity contribution is 0.245. The second-order valence-corrected chi connectivity index (χ2v) is 6.55. The predicted molar refractivity (Wildman–Crippen MR) is 88.3 cm³/mol. The van der Waals surface area contributed by atoms with Gasteiger partial charge in [0.15, 0.2) is 0 Å². The zero-order valence-electron chi connectivity index (χ0n) is 11.7. The maximum atomic E-state index is 6.17. The highest BCUT2D eigenvalue weighted by Gasteiger charge is 2.17. The highest BCUT2D eigenvalue weighted by molar-refractivity contribution is 7.10. The van der Waals surface area contributed by atoms with Gasteiger partial charge in [0.1, 0.15) is 0 Å². The summed E-state index contributed by atoms with van der Waals surface area (Å²) in [5.74, 6) is 0. The molecule has 0 radical (unpaired) electrons. The molecule has 4 heteroatoms. The molecule has 1 aliphatic heterocycles. The van der Waals surface area contributed by atoms with Crippen molar-refractivity contribution in [3.8, 4) is 0 Å². The molecule has 0 fully saturated rings. The molecule has 3 aromatic rings. The number of thiophene rings is 1. The van der Waals surface area contributed by atoms with Crippen LogP contribution in [0, 0.1) is 0 Å². The van der Waals surface area contributed by atoms with Crippen LogP contribution in [0.3, 0.4) is 0 Å². The fraction of sp³-hybridized carbons (Fsp3) is 0.235. The third kappa shape index (κ3) is 2.41. The van der Waals surface area contributed by atoms with Crippen molar-refractivity contribution in [2.75, 3.05) is 12.3 Å². The van der Waals surface area contributed by atoms with Gasteiger partial charge in [0.2, 0.25) is 0 Å². The van der Waals surface area contributed by atoms with Gasteiger partial charge in [-0.05, 0) is 35.6 Å². The highest BCUT2D eigenvalue weighted by atomic mass is 32.1. The minimum Gasteiger partial charge on any atom is -0.398 e. The molecule has 1 aliphatic rings. The first-order valence-electron chi connectivity index (χ1n) is 7.21. The second kappa shape index (κ2) is 5.13. The lowest BCUT2D eigenvalue weighted by atomic mass is 10.1. The number of anilines is 1. The third-order valence-corrected chi connectivity index (χ3v) is 5.10. The van der Waals surface area contributed by atoms with E-state index >= 15 is 0 Å². The number of para-hydroxylation sites is 1. The monoisotopic (exact) mass is 295 g/mol. The lowest BCUT2D eigenvalue weighted by Gasteiger charge is -2.26. The molecule has 21 heavy (non-hydrogen) atoms. The Morgan fingerprint density at radius 2 is 2.14 bits per heavy atom. The summed E-state index contributed by atoms with van der Waals surface area (Å²) in [6.45, 7) is 2.99. The first kappa shape index (κ1) is 12.8. The van der Waals surface area contributed by atoms with Crippen LogP contribution < -0.4 is 5.73 Å². The van der Waals surface area contributed by atoms with Crippen LogP contribution in [0.4, 0.5) is 5.69 Å². The minimum absolute atomic E-state index is 0.823. The van der Waals surface area contributed by atoms with E-state index in [1.807, 2.05) is 41.7 Å². The Hall–Kier alpha value is -1.91. The number of nitrogens with two attached hydrogens (primary N) is 1. The Morgan fingerprint density at radius 3 is 3.10 bits per heavy atom. The van der Waals surface area contributed by atoms with Crippen molar-refractivity contribution in [2.45, 2.75) is 19.5 Å². The molecule has 0 aliphatic carbocycles. The smallest absolute Gasteiger partial charge is 0.0726 e. The third-order valence-electron chi connectivity index (χ3n) is 4.07. The molecule has 0 amide bonds. The van der Waals surface area contributed by atoms with E-state index in [1.165, 1.54) is 10.4 Å². The van der Waals surface area contributed by atoms with E-state index in [9.17, 15) is 0 Å². The van der Waals surface area contributed by atoms with Gasteiger partial charge in [0.05, 0.1) is 11.2 Å². The second-order valence-electron chi connectivity index (χ2n) is 5.55. The average Bonchev–Trinajstić information content (AvgIpc) is 2.95. The SMILES string of the molecule is Nc1cc(CN2CCc3sccc3C2)nc2ccccc12. The number of aromatic nitrogens is 1. The van der Waals surface area contributed by atoms with Gasteiger partial charge in [-0.2, -0.15) is 0 Å². The number of benzene rings is 1. The zero-order valence-corrected chi connectivity index (χ0v) is 12.6. The number of pyridine rings is 1. The van der Waals surface area contributed by atoms with Crippen LogP contribution >= 0.6 is 11.3 Å². The van der Waals surface area contributed by atoms with Crippen LogP contribution in [0.2, 0.25) is 0 Å².